The first-order chi connectivity index (χ1) is 8.01. The van der Waals surface area contributed by atoms with Crippen molar-refractivity contribution in [3.05, 3.63) is 35.4 Å². The number of halogens is 4. The lowest BCUT2D eigenvalue weighted by atomic mass is 9.94. The Bertz CT molecular complexity index is 399. The Labute approximate surface area is 96.8 Å². The van der Waals surface area contributed by atoms with Crippen molar-refractivity contribution < 1.29 is 17.6 Å². The average molecular weight is 247 g/mol. The second-order valence-electron chi connectivity index (χ2n) is 4.25. The van der Waals surface area contributed by atoms with Crippen LogP contribution in [0.25, 0.3) is 0 Å². The fraction of sp³-hybridized carbons (Fsp3) is 0.500. The molecule has 1 heterocycles. The molecule has 0 aromatic heterocycles. The quantitative estimate of drug-likeness (QED) is 0.791. The van der Waals surface area contributed by atoms with Crippen molar-refractivity contribution in [2.75, 3.05) is 6.54 Å². The summed E-state index contributed by atoms with van der Waals surface area (Å²) in [5, 5.41) is 2.73. The summed E-state index contributed by atoms with van der Waals surface area (Å²) in [5.74, 6) is -5.52. The summed E-state index contributed by atoms with van der Waals surface area (Å²) < 4.78 is 53.6. The van der Waals surface area contributed by atoms with Gasteiger partial charge in [0.15, 0.2) is 11.6 Å². The first-order valence-electron chi connectivity index (χ1n) is 5.58. The molecule has 0 saturated carbocycles. The van der Waals surface area contributed by atoms with Crippen molar-refractivity contribution in [3.8, 4) is 0 Å². The van der Waals surface area contributed by atoms with E-state index in [0.717, 1.165) is 25.0 Å². The van der Waals surface area contributed by atoms with Gasteiger partial charge in [0, 0.05) is 5.56 Å². The van der Waals surface area contributed by atoms with Gasteiger partial charge >= 0.3 is 0 Å². The molecule has 1 atom stereocenters. The summed E-state index contributed by atoms with van der Waals surface area (Å²) in [6, 6.07) is 1.25. The van der Waals surface area contributed by atoms with Crippen molar-refractivity contribution in [1.82, 2.24) is 5.32 Å². The first kappa shape index (κ1) is 12.4. The van der Waals surface area contributed by atoms with Gasteiger partial charge in [-0.25, -0.2) is 8.78 Å². The maximum Gasteiger partial charge on any atom is 0.288 e. The highest BCUT2D eigenvalue weighted by molar-refractivity contribution is 5.24. The lowest BCUT2D eigenvalue weighted by molar-refractivity contribution is -0.0515. The fourth-order valence-electron chi connectivity index (χ4n) is 2.07. The zero-order chi connectivity index (χ0) is 12.5. The molecular weight excluding hydrogens is 234 g/mol. The van der Waals surface area contributed by atoms with Gasteiger partial charge in [0.25, 0.3) is 5.92 Å². The molecule has 1 unspecified atom stereocenters. The van der Waals surface area contributed by atoms with E-state index >= 15 is 0 Å². The van der Waals surface area contributed by atoms with E-state index in [1.807, 2.05) is 0 Å². The van der Waals surface area contributed by atoms with Crippen molar-refractivity contribution in [2.45, 2.75) is 31.2 Å². The van der Waals surface area contributed by atoms with Crippen molar-refractivity contribution in [3.63, 3.8) is 0 Å². The Morgan fingerprint density at radius 2 is 1.88 bits per heavy atom. The largest absolute Gasteiger partial charge is 0.308 e. The molecule has 1 N–H and O–H groups in total. The van der Waals surface area contributed by atoms with Crippen molar-refractivity contribution >= 4 is 0 Å². The molecule has 1 nitrogen and oxygen atoms in total. The molecule has 0 spiro atoms. The van der Waals surface area contributed by atoms with E-state index < -0.39 is 29.2 Å². The molecule has 2 rings (SSSR count). The number of alkyl halides is 2. The summed E-state index contributed by atoms with van der Waals surface area (Å²) in [6.45, 7) is 0.532. The van der Waals surface area contributed by atoms with Gasteiger partial charge in [-0.1, -0.05) is 6.42 Å². The molecule has 0 aliphatic carbocycles. The van der Waals surface area contributed by atoms with Crippen LogP contribution in [0.5, 0.6) is 0 Å². The molecular formula is C12H13F4N. The number of rotatable bonds is 2. The minimum atomic E-state index is -3.17. The predicted molar refractivity (Wildman–Crippen MR) is 55.9 cm³/mol. The van der Waals surface area contributed by atoms with Crippen LogP contribution in [0.1, 0.15) is 24.8 Å². The molecule has 0 bridgehead atoms. The summed E-state index contributed by atoms with van der Waals surface area (Å²) >= 11 is 0. The third-order valence-electron chi connectivity index (χ3n) is 3.05. The molecule has 1 saturated heterocycles. The van der Waals surface area contributed by atoms with Crippen LogP contribution in [0.3, 0.4) is 0 Å². The van der Waals surface area contributed by atoms with Crippen LogP contribution in [0.4, 0.5) is 17.6 Å². The predicted octanol–water partition coefficient (Wildman–Crippen LogP) is 3.20. The van der Waals surface area contributed by atoms with Gasteiger partial charge in [-0.15, -0.1) is 0 Å². The van der Waals surface area contributed by atoms with Gasteiger partial charge in [0.2, 0.25) is 0 Å². The van der Waals surface area contributed by atoms with Crippen LogP contribution in [-0.4, -0.2) is 12.6 Å². The molecule has 5 heteroatoms. The molecule has 1 aliphatic rings. The van der Waals surface area contributed by atoms with E-state index in [4.69, 9.17) is 0 Å². The second kappa shape index (κ2) is 4.64. The van der Waals surface area contributed by atoms with Gasteiger partial charge < -0.3 is 5.32 Å². The number of hydrogen-bond donors (Lipinski definition) is 1. The minimum absolute atomic E-state index is 0.339. The van der Waals surface area contributed by atoms with E-state index in [1.54, 1.807) is 0 Å². The highest BCUT2D eigenvalue weighted by Gasteiger charge is 2.42. The van der Waals surface area contributed by atoms with Crippen molar-refractivity contribution in [1.29, 1.82) is 0 Å². The Morgan fingerprint density at radius 3 is 2.47 bits per heavy atom. The third-order valence-corrected chi connectivity index (χ3v) is 3.05. The topological polar surface area (TPSA) is 12.0 Å². The number of nitrogens with one attached hydrogen (secondary N) is 1. The van der Waals surface area contributed by atoms with E-state index in [-0.39, 0.29) is 0 Å². The molecule has 1 aromatic rings. The van der Waals surface area contributed by atoms with Crippen LogP contribution in [0, 0.1) is 11.6 Å². The molecule has 1 aliphatic heterocycles. The Balaban J connectivity index is 2.26. The Kier molecular flexibility index (Phi) is 3.38. The first-order valence-corrected chi connectivity index (χ1v) is 5.58. The average Bonchev–Trinajstić information content (AvgIpc) is 2.33. The summed E-state index contributed by atoms with van der Waals surface area (Å²) in [4.78, 5) is 0. The standard InChI is InChI=1S/C12H13F4N/c13-9-5-4-8(7-10(9)14)12(15,16)11-3-1-2-6-17-11/h4-5,7,11,17H,1-3,6H2. The van der Waals surface area contributed by atoms with Crippen LogP contribution >= 0.6 is 0 Å². The summed E-state index contributed by atoms with van der Waals surface area (Å²) in [5.41, 5.74) is -0.476. The summed E-state index contributed by atoms with van der Waals surface area (Å²) in [6.07, 6.45) is 1.92. The van der Waals surface area contributed by atoms with Crippen LogP contribution in [-0.2, 0) is 5.92 Å². The number of piperidine rings is 1. The molecule has 17 heavy (non-hydrogen) atoms. The Morgan fingerprint density at radius 1 is 1.12 bits per heavy atom. The van der Waals surface area contributed by atoms with Gasteiger partial charge in [-0.05, 0) is 37.6 Å². The van der Waals surface area contributed by atoms with E-state index in [0.29, 0.717) is 19.0 Å². The summed E-state index contributed by atoms with van der Waals surface area (Å²) in [7, 11) is 0. The monoisotopic (exact) mass is 247 g/mol. The lowest BCUT2D eigenvalue weighted by Crippen LogP contribution is -2.45. The van der Waals surface area contributed by atoms with E-state index in [9.17, 15) is 17.6 Å². The van der Waals surface area contributed by atoms with Crippen molar-refractivity contribution in [2.24, 2.45) is 0 Å². The van der Waals surface area contributed by atoms with E-state index in [2.05, 4.69) is 5.32 Å². The Hall–Kier alpha value is -1.10. The van der Waals surface area contributed by atoms with Crippen LogP contribution < -0.4 is 5.32 Å². The highest BCUT2D eigenvalue weighted by Crippen LogP contribution is 2.35. The highest BCUT2D eigenvalue weighted by atomic mass is 19.3. The molecule has 0 amide bonds. The molecule has 94 valence electrons. The minimum Gasteiger partial charge on any atom is -0.308 e. The van der Waals surface area contributed by atoms with Crippen LogP contribution in [0.15, 0.2) is 18.2 Å². The van der Waals surface area contributed by atoms with Gasteiger partial charge in [-0.2, -0.15) is 8.78 Å². The SMILES string of the molecule is Fc1ccc(C(F)(F)C2CCCCN2)cc1F. The fourth-order valence-corrected chi connectivity index (χ4v) is 2.07. The van der Waals surface area contributed by atoms with E-state index in [1.165, 1.54) is 0 Å². The van der Waals surface area contributed by atoms with Crippen LogP contribution in [0.2, 0.25) is 0 Å². The van der Waals surface area contributed by atoms with Gasteiger partial charge in [-0.3, -0.25) is 0 Å². The second-order valence-corrected chi connectivity index (χ2v) is 4.25. The van der Waals surface area contributed by atoms with Gasteiger partial charge in [0.05, 0.1) is 6.04 Å². The zero-order valence-corrected chi connectivity index (χ0v) is 9.15. The normalized spacial score (nSPS) is 21.5. The molecule has 0 radical (unpaired) electrons. The zero-order valence-electron chi connectivity index (χ0n) is 9.15. The maximum absolute atomic E-state index is 14.0. The molecule has 1 fully saturated rings. The third kappa shape index (κ3) is 2.44. The number of hydrogen-bond acceptors (Lipinski definition) is 1. The smallest absolute Gasteiger partial charge is 0.288 e. The molecule has 1 aromatic carbocycles. The number of benzene rings is 1. The van der Waals surface area contributed by atoms with Gasteiger partial charge in [0.1, 0.15) is 0 Å². The maximum atomic E-state index is 14.0. The lowest BCUT2D eigenvalue weighted by Gasteiger charge is -2.31.